The molecule has 0 saturated carbocycles. The van der Waals surface area contributed by atoms with Gasteiger partial charge in [-0.05, 0) is 25.1 Å². The van der Waals surface area contributed by atoms with E-state index in [9.17, 15) is 9.59 Å². The number of carbonyl (C=O) groups excluding carboxylic acids is 2. The highest BCUT2D eigenvalue weighted by Crippen LogP contribution is 2.32. The number of aromatic nitrogens is 4. The molecule has 0 bridgehead atoms. The van der Waals surface area contributed by atoms with Crippen LogP contribution in [0.2, 0.25) is 0 Å². The summed E-state index contributed by atoms with van der Waals surface area (Å²) in [6, 6.07) is 7.89. The first kappa shape index (κ1) is 15.1. The molecule has 1 atom stereocenters. The molecule has 3 aromatic rings. The van der Waals surface area contributed by atoms with Gasteiger partial charge in [0, 0.05) is 24.8 Å². The molecule has 0 saturated heterocycles. The second kappa shape index (κ2) is 5.86. The third kappa shape index (κ3) is 2.37. The zero-order valence-corrected chi connectivity index (χ0v) is 13.3. The fourth-order valence-corrected chi connectivity index (χ4v) is 2.93. The number of hydrogen-bond acceptors (Lipinski definition) is 6. The Hall–Kier alpha value is -3.48. The number of hydrogen-bond donors (Lipinski definition) is 0. The van der Waals surface area contributed by atoms with Gasteiger partial charge in [-0.1, -0.05) is 12.1 Å². The van der Waals surface area contributed by atoms with Crippen molar-refractivity contribution < 1.29 is 9.59 Å². The number of nitrogens with zero attached hydrogens (tertiary/aromatic N) is 5. The SMILES string of the molecule is C[C@H](c1nccnc1-c1ncccn1)N1C(=O)c2ccccc2C1=O. The van der Waals surface area contributed by atoms with Crippen LogP contribution in [0.25, 0.3) is 11.5 Å². The Kier molecular flexibility index (Phi) is 3.53. The van der Waals surface area contributed by atoms with Gasteiger partial charge in [-0.2, -0.15) is 0 Å². The molecule has 0 radical (unpaired) electrons. The molecule has 4 rings (SSSR count). The predicted molar refractivity (Wildman–Crippen MR) is 88.4 cm³/mol. The van der Waals surface area contributed by atoms with Crippen LogP contribution in [0.15, 0.2) is 55.1 Å². The van der Waals surface area contributed by atoms with E-state index >= 15 is 0 Å². The molecule has 0 spiro atoms. The van der Waals surface area contributed by atoms with Gasteiger partial charge in [-0.15, -0.1) is 0 Å². The first-order valence-electron chi connectivity index (χ1n) is 7.73. The second-order valence-corrected chi connectivity index (χ2v) is 5.56. The predicted octanol–water partition coefficient (Wildman–Crippen LogP) is 2.29. The van der Waals surface area contributed by atoms with Crippen LogP contribution in [-0.2, 0) is 0 Å². The van der Waals surface area contributed by atoms with Crippen LogP contribution in [0.4, 0.5) is 0 Å². The van der Waals surface area contributed by atoms with E-state index in [1.165, 1.54) is 17.3 Å². The van der Waals surface area contributed by atoms with Gasteiger partial charge in [0.15, 0.2) is 5.82 Å². The lowest BCUT2D eigenvalue weighted by Crippen LogP contribution is -2.33. The van der Waals surface area contributed by atoms with Crippen molar-refractivity contribution in [3.63, 3.8) is 0 Å². The van der Waals surface area contributed by atoms with Crippen molar-refractivity contribution >= 4 is 11.8 Å². The van der Waals surface area contributed by atoms with Crippen molar-refractivity contribution in [2.24, 2.45) is 0 Å². The van der Waals surface area contributed by atoms with Gasteiger partial charge >= 0.3 is 0 Å². The molecule has 0 N–H and O–H groups in total. The fourth-order valence-electron chi connectivity index (χ4n) is 2.93. The van der Waals surface area contributed by atoms with E-state index in [2.05, 4.69) is 19.9 Å². The molecule has 0 fully saturated rings. The van der Waals surface area contributed by atoms with Crippen LogP contribution in [0.1, 0.15) is 39.4 Å². The van der Waals surface area contributed by atoms with E-state index in [-0.39, 0.29) is 11.8 Å². The second-order valence-electron chi connectivity index (χ2n) is 5.56. The maximum absolute atomic E-state index is 12.7. The Labute approximate surface area is 143 Å². The molecule has 1 aromatic carbocycles. The molecule has 0 unspecified atom stereocenters. The van der Waals surface area contributed by atoms with Gasteiger partial charge in [-0.25, -0.2) is 15.0 Å². The number of rotatable bonds is 3. The van der Waals surface area contributed by atoms with Crippen LogP contribution in [0.5, 0.6) is 0 Å². The van der Waals surface area contributed by atoms with Crippen molar-refractivity contribution in [2.75, 3.05) is 0 Å². The summed E-state index contributed by atoms with van der Waals surface area (Å²) in [5.74, 6) is -0.272. The maximum Gasteiger partial charge on any atom is 0.262 e. The van der Waals surface area contributed by atoms with Crippen LogP contribution in [0.3, 0.4) is 0 Å². The van der Waals surface area contributed by atoms with Gasteiger partial charge in [0.25, 0.3) is 11.8 Å². The summed E-state index contributed by atoms with van der Waals surface area (Å²) < 4.78 is 0. The lowest BCUT2D eigenvalue weighted by Gasteiger charge is -2.23. The van der Waals surface area contributed by atoms with Crippen LogP contribution in [-0.4, -0.2) is 36.7 Å². The Morgan fingerprint density at radius 3 is 2.04 bits per heavy atom. The molecule has 25 heavy (non-hydrogen) atoms. The molecule has 2 amide bonds. The highest BCUT2D eigenvalue weighted by atomic mass is 16.2. The minimum atomic E-state index is -0.597. The monoisotopic (exact) mass is 331 g/mol. The smallest absolute Gasteiger partial charge is 0.262 e. The van der Waals surface area contributed by atoms with E-state index in [1.54, 1.807) is 49.6 Å². The third-order valence-corrected chi connectivity index (χ3v) is 4.11. The van der Waals surface area contributed by atoms with Gasteiger partial charge < -0.3 is 0 Å². The van der Waals surface area contributed by atoms with Crippen molar-refractivity contribution in [1.29, 1.82) is 0 Å². The normalized spacial score (nSPS) is 14.5. The molecular formula is C18H13N5O2. The summed E-state index contributed by atoms with van der Waals surface area (Å²) in [6.07, 6.45) is 6.27. The highest BCUT2D eigenvalue weighted by molar-refractivity contribution is 6.21. The minimum absolute atomic E-state index is 0.335. The summed E-state index contributed by atoms with van der Waals surface area (Å²) in [7, 11) is 0. The zero-order chi connectivity index (χ0) is 17.4. The first-order valence-corrected chi connectivity index (χ1v) is 7.73. The average Bonchev–Trinajstić information content (AvgIpc) is 2.93. The highest BCUT2D eigenvalue weighted by Gasteiger charge is 2.40. The summed E-state index contributed by atoms with van der Waals surface area (Å²) in [6.45, 7) is 1.75. The Bertz CT molecular complexity index is 939. The van der Waals surface area contributed by atoms with E-state index < -0.39 is 6.04 Å². The van der Waals surface area contributed by atoms with Crippen molar-refractivity contribution in [2.45, 2.75) is 13.0 Å². The molecule has 7 heteroatoms. The Morgan fingerprint density at radius 1 is 0.800 bits per heavy atom. The molecule has 2 aromatic heterocycles. The summed E-state index contributed by atoms with van der Waals surface area (Å²) in [4.78, 5) is 43.6. The lowest BCUT2D eigenvalue weighted by molar-refractivity contribution is 0.0592. The van der Waals surface area contributed by atoms with Gasteiger partial charge in [0.05, 0.1) is 22.9 Å². The topological polar surface area (TPSA) is 88.9 Å². The minimum Gasteiger partial charge on any atom is -0.269 e. The number of benzene rings is 1. The number of imide groups is 1. The lowest BCUT2D eigenvalue weighted by atomic mass is 10.1. The Balaban J connectivity index is 1.78. The van der Waals surface area contributed by atoms with Gasteiger partial charge in [-0.3, -0.25) is 19.5 Å². The van der Waals surface area contributed by atoms with Crippen molar-refractivity contribution in [1.82, 2.24) is 24.8 Å². The van der Waals surface area contributed by atoms with Crippen LogP contribution in [0, 0.1) is 0 Å². The molecule has 1 aliphatic rings. The standard InChI is InChI=1S/C18H13N5O2/c1-11(23-17(24)12-5-2-3-6-13(12)18(23)25)14-15(20-10-9-19-14)16-21-7-4-8-22-16/h2-11H,1H3/t11-/m1/s1. The third-order valence-electron chi connectivity index (χ3n) is 4.11. The van der Waals surface area contributed by atoms with Gasteiger partial charge in [0.1, 0.15) is 5.69 Å². The number of fused-ring (bicyclic) bond motifs is 1. The van der Waals surface area contributed by atoms with E-state index in [4.69, 9.17) is 0 Å². The average molecular weight is 331 g/mol. The van der Waals surface area contributed by atoms with E-state index in [1.807, 2.05) is 0 Å². The molecule has 122 valence electrons. The molecular weight excluding hydrogens is 318 g/mol. The zero-order valence-electron chi connectivity index (χ0n) is 13.3. The Morgan fingerprint density at radius 2 is 1.40 bits per heavy atom. The molecule has 1 aliphatic heterocycles. The summed E-state index contributed by atoms with van der Waals surface area (Å²) >= 11 is 0. The van der Waals surface area contributed by atoms with E-state index in [0.717, 1.165) is 0 Å². The van der Waals surface area contributed by atoms with Crippen molar-refractivity contribution in [3.8, 4) is 11.5 Å². The quantitative estimate of drug-likeness (QED) is 0.684. The van der Waals surface area contributed by atoms with E-state index in [0.29, 0.717) is 28.3 Å². The van der Waals surface area contributed by atoms with Gasteiger partial charge in [0.2, 0.25) is 0 Å². The number of amides is 2. The van der Waals surface area contributed by atoms with Crippen molar-refractivity contribution in [3.05, 3.63) is 71.9 Å². The first-order chi connectivity index (χ1) is 12.2. The molecule has 7 nitrogen and oxygen atoms in total. The largest absolute Gasteiger partial charge is 0.269 e. The van der Waals surface area contributed by atoms with Crippen LogP contribution < -0.4 is 0 Å². The maximum atomic E-state index is 12.7. The fraction of sp³-hybridized carbons (Fsp3) is 0.111. The summed E-state index contributed by atoms with van der Waals surface area (Å²) in [5.41, 5.74) is 1.73. The summed E-state index contributed by atoms with van der Waals surface area (Å²) in [5, 5.41) is 0. The molecule has 0 aliphatic carbocycles. The molecule has 3 heterocycles. The number of carbonyl (C=O) groups is 2. The van der Waals surface area contributed by atoms with Crippen LogP contribution >= 0.6 is 0 Å².